The Morgan fingerprint density at radius 1 is 1.19 bits per heavy atom. The van der Waals surface area contributed by atoms with E-state index in [-0.39, 0.29) is 18.4 Å². The van der Waals surface area contributed by atoms with Crippen LogP contribution in [0.1, 0.15) is 37.0 Å². The number of rotatable bonds is 6. The molecule has 0 atom stereocenters. The van der Waals surface area contributed by atoms with E-state index in [1.165, 1.54) is 0 Å². The smallest absolute Gasteiger partial charge is 0.434 e. The summed E-state index contributed by atoms with van der Waals surface area (Å²) in [5.74, 6) is 0.549. The van der Waals surface area contributed by atoms with Gasteiger partial charge in [-0.1, -0.05) is 6.08 Å². The summed E-state index contributed by atoms with van der Waals surface area (Å²) in [7, 11) is 0. The number of amides is 2. The third kappa shape index (κ3) is 6.44. The molecule has 2 amide bonds. The highest BCUT2D eigenvalue weighted by molar-refractivity contribution is 5.94. The molecule has 0 spiro atoms. The molecule has 2 rings (SSSR count). The van der Waals surface area contributed by atoms with Gasteiger partial charge in [0.2, 0.25) is 5.91 Å². The predicted molar refractivity (Wildman–Crippen MR) is 101 cm³/mol. The Morgan fingerprint density at radius 3 is 2.44 bits per heavy atom. The number of nitrogens with zero attached hydrogens (tertiary/aromatic N) is 1. The van der Waals surface area contributed by atoms with Gasteiger partial charge in [0.1, 0.15) is 5.75 Å². The molecule has 0 bridgehead atoms. The maximum Gasteiger partial charge on any atom is 0.513 e. The molecular weight excluding hydrogens is 348 g/mol. The Bertz CT molecular complexity index is 676. The van der Waals surface area contributed by atoms with Crippen molar-refractivity contribution >= 4 is 18.0 Å². The van der Waals surface area contributed by atoms with Crippen LogP contribution in [0.15, 0.2) is 36.4 Å². The zero-order valence-electron chi connectivity index (χ0n) is 15.8. The first-order valence-corrected chi connectivity index (χ1v) is 9.18. The van der Waals surface area contributed by atoms with Gasteiger partial charge in [0, 0.05) is 25.2 Å². The SMILES string of the molecule is C/C=C/C(=O)N1CCC(CNC(=O)c2ccc(OC(=O)OCC)cc2)CC1. The first-order valence-electron chi connectivity index (χ1n) is 9.18. The molecule has 1 aliphatic rings. The van der Waals surface area contributed by atoms with Gasteiger partial charge >= 0.3 is 6.16 Å². The van der Waals surface area contributed by atoms with E-state index in [4.69, 9.17) is 9.47 Å². The van der Waals surface area contributed by atoms with E-state index in [2.05, 4.69) is 5.32 Å². The third-order valence-electron chi connectivity index (χ3n) is 4.37. The summed E-state index contributed by atoms with van der Waals surface area (Å²) in [5.41, 5.74) is 0.493. The maximum atomic E-state index is 12.3. The maximum absolute atomic E-state index is 12.3. The largest absolute Gasteiger partial charge is 0.513 e. The lowest BCUT2D eigenvalue weighted by atomic mass is 9.96. The Labute approximate surface area is 159 Å². The van der Waals surface area contributed by atoms with E-state index in [0.717, 1.165) is 12.8 Å². The minimum absolute atomic E-state index is 0.0464. The molecule has 1 aliphatic heterocycles. The van der Waals surface area contributed by atoms with Crippen LogP contribution in [-0.4, -0.2) is 49.1 Å². The van der Waals surface area contributed by atoms with Gasteiger partial charge in [-0.2, -0.15) is 0 Å². The summed E-state index contributed by atoms with van der Waals surface area (Å²) in [4.78, 5) is 37.2. The minimum Gasteiger partial charge on any atom is -0.434 e. The van der Waals surface area contributed by atoms with Crippen LogP contribution < -0.4 is 10.1 Å². The Kier molecular flexibility index (Phi) is 7.85. The molecule has 1 N–H and O–H groups in total. The van der Waals surface area contributed by atoms with E-state index in [0.29, 0.717) is 36.9 Å². The number of allylic oxidation sites excluding steroid dienone is 1. The zero-order valence-corrected chi connectivity index (χ0v) is 15.8. The van der Waals surface area contributed by atoms with Crippen molar-refractivity contribution in [3.63, 3.8) is 0 Å². The quantitative estimate of drug-likeness (QED) is 0.470. The van der Waals surface area contributed by atoms with Gasteiger partial charge in [-0.05, 0) is 62.9 Å². The van der Waals surface area contributed by atoms with Gasteiger partial charge < -0.3 is 19.7 Å². The molecule has 1 aromatic rings. The monoisotopic (exact) mass is 374 g/mol. The highest BCUT2D eigenvalue weighted by atomic mass is 16.7. The van der Waals surface area contributed by atoms with Crippen LogP contribution in [0.25, 0.3) is 0 Å². The number of piperidine rings is 1. The number of ether oxygens (including phenoxy) is 2. The highest BCUT2D eigenvalue weighted by Gasteiger charge is 2.22. The molecule has 0 radical (unpaired) electrons. The summed E-state index contributed by atoms with van der Waals surface area (Å²) in [6, 6.07) is 6.30. The standard InChI is InChI=1S/C20H26N2O5/c1-3-5-18(23)22-12-10-15(11-13-22)14-21-19(24)16-6-8-17(9-7-16)27-20(25)26-4-2/h3,5-9,15H,4,10-14H2,1-2H3,(H,21,24)/b5-3+. The number of carbonyl (C=O) groups is 3. The highest BCUT2D eigenvalue weighted by Crippen LogP contribution is 2.17. The van der Waals surface area contributed by atoms with Crippen LogP contribution in [0.4, 0.5) is 4.79 Å². The van der Waals surface area contributed by atoms with Crippen molar-refractivity contribution in [2.24, 2.45) is 5.92 Å². The lowest BCUT2D eigenvalue weighted by molar-refractivity contribution is -0.127. The van der Waals surface area contributed by atoms with Crippen LogP contribution in [0.2, 0.25) is 0 Å². The fourth-order valence-electron chi connectivity index (χ4n) is 2.86. The number of carbonyl (C=O) groups excluding carboxylic acids is 3. The van der Waals surface area contributed by atoms with Crippen molar-refractivity contribution in [3.8, 4) is 5.75 Å². The average molecular weight is 374 g/mol. The number of nitrogens with one attached hydrogen (secondary N) is 1. The van der Waals surface area contributed by atoms with Crippen LogP contribution >= 0.6 is 0 Å². The minimum atomic E-state index is -0.769. The Morgan fingerprint density at radius 2 is 1.85 bits per heavy atom. The number of benzene rings is 1. The lowest BCUT2D eigenvalue weighted by Gasteiger charge is -2.31. The number of hydrogen-bond donors (Lipinski definition) is 1. The summed E-state index contributed by atoms with van der Waals surface area (Å²) in [6.07, 6.45) is 4.30. The molecule has 1 fully saturated rings. The second kappa shape index (κ2) is 10.4. The van der Waals surface area contributed by atoms with Gasteiger partial charge in [-0.15, -0.1) is 0 Å². The second-order valence-electron chi connectivity index (χ2n) is 6.29. The topological polar surface area (TPSA) is 84.9 Å². The van der Waals surface area contributed by atoms with Crippen molar-refractivity contribution in [1.29, 1.82) is 0 Å². The molecule has 7 nitrogen and oxygen atoms in total. The second-order valence-corrected chi connectivity index (χ2v) is 6.29. The van der Waals surface area contributed by atoms with Gasteiger partial charge in [0.15, 0.2) is 0 Å². The lowest BCUT2D eigenvalue weighted by Crippen LogP contribution is -2.40. The fourth-order valence-corrected chi connectivity index (χ4v) is 2.86. The van der Waals surface area contributed by atoms with Crippen molar-refractivity contribution in [2.75, 3.05) is 26.2 Å². The molecule has 27 heavy (non-hydrogen) atoms. The van der Waals surface area contributed by atoms with Crippen molar-refractivity contribution in [2.45, 2.75) is 26.7 Å². The molecule has 0 unspecified atom stereocenters. The fraction of sp³-hybridized carbons (Fsp3) is 0.450. The summed E-state index contributed by atoms with van der Waals surface area (Å²) in [5, 5.41) is 2.93. The normalized spacial score (nSPS) is 14.8. The average Bonchev–Trinajstić information content (AvgIpc) is 2.67. The van der Waals surface area contributed by atoms with Gasteiger partial charge in [0.05, 0.1) is 6.61 Å². The molecule has 0 aliphatic carbocycles. The molecule has 7 heteroatoms. The molecule has 1 saturated heterocycles. The van der Waals surface area contributed by atoms with Crippen LogP contribution in [-0.2, 0) is 9.53 Å². The van der Waals surface area contributed by atoms with Crippen molar-refractivity contribution in [3.05, 3.63) is 42.0 Å². The van der Waals surface area contributed by atoms with Crippen molar-refractivity contribution < 1.29 is 23.9 Å². The van der Waals surface area contributed by atoms with Crippen molar-refractivity contribution in [1.82, 2.24) is 10.2 Å². The molecular formula is C20H26N2O5. The summed E-state index contributed by atoms with van der Waals surface area (Å²) >= 11 is 0. The molecule has 0 saturated carbocycles. The Hall–Kier alpha value is -2.83. The van der Waals surface area contributed by atoms with Crippen LogP contribution in [0.5, 0.6) is 5.75 Å². The van der Waals surface area contributed by atoms with Gasteiger partial charge in [0.25, 0.3) is 5.91 Å². The molecule has 1 heterocycles. The van der Waals surface area contributed by atoms with E-state index >= 15 is 0 Å². The van der Waals surface area contributed by atoms with E-state index < -0.39 is 6.16 Å². The summed E-state index contributed by atoms with van der Waals surface area (Å²) in [6.45, 7) is 5.76. The number of hydrogen-bond acceptors (Lipinski definition) is 5. The Balaban J connectivity index is 1.76. The van der Waals surface area contributed by atoms with Crippen LogP contribution in [0.3, 0.4) is 0 Å². The molecule has 1 aromatic carbocycles. The molecule has 0 aromatic heterocycles. The first-order chi connectivity index (χ1) is 13.0. The summed E-state index contributed by atoms with van der Waals surface area (Å²) < 4.78 is 9.66. The van der Waals surface area contributed by atoms with Gasteiger partial charge in [-0.3, -0.25) is 9.59 Å². The van der Waals surface area contributed by atoms with E-state index in [1.807, 2.05) is 11.8 Å². The van der Waals surface area contributed by atoms with E-state index in [9.17, 15) is 14.4 Å². The zero-order chi connectivity index (χ0) is 19.6. The van der Waals surface area contributed by atoms with Gasteiger partial charge in [-0.25, -0.2) is 4.79 Å². The third-order valence-corrected chi connectivity index (χ3v) is 4.37. The first kappa shape index (κ1) is 20.5. The molecule has 146 valence electrons. The van der Waals surface area contributed by atoms with Crippen LogP contribution in [0, 0.1) is 5.92 Å². The predicted octanol–water partition coefficient (Wildman–Crippen LogP) is 2.77. The van der Waals surface area contributed by atoms with E-state index in [1.54, 1.807) is 43.3 Å². The number of likely N-dealkylation sites (tertiary alicyclic amines) is 1.